The van der Waals surface area contributed by atoms with Gasteiger partial charge in [0.25, 0.3) is 0 Å². The van der Waals surface area contributed by atoms with Crippen LogP contribution in [0.4, 0.5) is 5.69 Å². The molecule has 1 saturated carbocycles. The smallest absolute Gasteiger partial charge is 0.357 e. The molecule has 0 N–H and O–H groups in total. The molecule has 1 atom stereocenters. The van der Waals surface area contributed by atoms with E-state index in [-0.39, 0.29) is 24.1 Å². The quantitative estimate of drug-likeness (QED) is 0.208. The number of nitrogens with zero attached hydrogens (tertiary/aromatic N) is 3. The van der Waals surface area contributed by atoms with Crippen LogP contribution in [0.3, 0.4) is 0 Å². The molecular formula is C30H30N3O5S-. The third-order valence-electron chi connectivity index (χ3n) is 7.01. The van der Waals surface area contributed by atoms with Crippen LogP contribution in [0.25, 0.3) is 22.2 Å². The number of para-hydroxylation sites is 1. The Kier molecular flexibility index (Phi) is 7.63. The van der Waals surface area contributed by atoms with Crippen molar-refractivity contribution < 1.29 is 23.1 Å². The van der Waals surface area contributed by atoms with Crippen molar-refractivity contribution in [3.63, 3.8) is 0 Å². The molecule has 4 aromatic rings. The molecule has 0 aliphatic heterocycles. The number of esters is 1. The number of hydrogen-bond donors (Lipinski definition) is 0. The predicted molar refractivity (Wildman–Crippen MR) is 150 cm³/mol. The predicted octanol–water partition coefficient (Wildman–Crippen LogP) is 5.34. The van der Waals surface area contributed by atoms with E-state index in [1.807, 2.05) is 43.3 Å². The van der Waals surface area contributed by atoms with Gasteiger partial charge in [0.15, 0.2) is 5.69 Å². The Morgan fingerprint density at radius 1 is 1.10 bits per heavy atom. The number of carbonyl (C=O) groups excluding carboxylic acids is 2. The molecule has 0 spiro atoms. The number of carbonyl (C=O) groups is 2. The molecule has 1 aliphatic carbocycles. The van der Waals surface area contributed by atoms with Crippen molar-refractivity contribution in [1.82, 2.24) is 9.55 Å². The molecule has 39 heavy (non-hydrogen) atoms. The molecule has 0 saturated heterocycles. The summed E-state index contributed by atoms with van der Waals surface area (Å²) in [5.74, 6) is -1.06. The molecule has 1 fully saturated rings. The number of ether oxygens (including phenoxy) is 1. The Morgan fingerprint density at radius 3 is 2.46 bits per heavy atom. The van der Waals surface area contributed by atoms with Crippen molar-refractivity contribution in [3.05, 3.63) is 83.2 Å². The van der Waals surface area contributed by atoms with Gasteiger partial charge in [-0.25, -0.2) is 14.1 Å². The van der Waals surface area contributed by atoms with Crippen molar-refractivity contribution >= 4 is 39.9 Å². The minimum absolute atomic E-state index is 0.232. The molecule has 1 amide bonds. The number of benzene rings is 2. The van der Waals surface area contributed by atoms with Crippen LogP contribution in [-0.4, -0.2) is 36.8 Å². The van der Waals surface area contributed by atoms with Crippen molar-refractivity contribution in [2.75, 3.05) is 10.9 Å². The third kappa shape index (κ3) is 5.37. The molecule has 8 nitrogen and oxygen atoms in total. The Bertz CT molecular complexity index is 1570. The Labute approximate surface area is 230 Å². The SMILES string of the molecule is CCOC(=O)c1cc(C)c2cc(CC)n(Cc3ccc(-c4ccccc4N(C(=O)C4CC4)S(=O)[O-])cc3)c2n1. The van der Waals surface area contributed by atoms with Crippen molar-refractivity contribution in [1.29, 1.82) is 0 Å². The number of hydrogen-bond acceptors (Lipinski definition) is 6. The maximum absolute atomic E-state index is 12.8. The van der Waals surface area contributed by atoms with Crippen LogP contribution < -0.4 is 4.31 Å². The molecule has 2 aromatic carbocycles. The zero-order valence-electron chi connectivity index (χ0n) is 22.2. The first kappa shape index (κ1) is 26.8. The topological polar surface area (TPSA) is 105 Å². The zero-order valence-corrected chi connectivity index (χ0v) is 23.0. The largest absolute Gasteiger partial charge is 0.755 e. The highest BCUT2D eigenvalue weighted by molar-refractivity contribution is 7.81. The Hall–Kier alpha value is -3.82. The minimum atomic E-state index is -2.71. The molecule has 1 aliphatic rings. The highest BCUT2D eigenvalue weighted by atomic mass is 32.2. The lowest BCUT2D eigenvalue weighted by molar-refractivity contribution is -0.118. The van der Waals surface area contributed by atoms with E-state index in [4.69, 9.17) is 4.74 Å². The second-order valence-electron chi connectivity index (χ2n) is 9.70. The van der Waals surface area contributed by atoms with E-state index in [2.05, 4.69) is 22.5 Å². The molecule has 2 aromatic heterocycles. The molecule has 5 rings (SSSR count). The highest BCUT2D eigenvalue weighted by Gasteiger charge is 2.35. The van der Waals surface area contributed by atoms with E-state index in [0.717, 1.165) is 44.1 Å². The molecular weight excluding hydrogens is 514 g/mol. The fraction of sp³-hybridized carbons (Fsp3) is 0.300. The lowest BCUT2D eigenvalue weighted by Crippen LogP contribution is -2.34. The first-order valence-electron chi connectivity index (χ1n) is 13.1. The van der Waals surface area contributed by atoms with E-state index in [0.29, 0.717) is 30.6 Å². The van der Waals surface area contributed by atoms with Gasteiger partial charge >= 0.3 is 5.97 Å². The van der Waals surface area contributed by atoms with Crippen LogP contribution >= 0.6 is 0 Å². The Morgan fingerprint density at radius 2 is 1.82 bits per heavy atom. The van der Waals surface area contributed by atoms with Crippen LogP contribution in [0.15, 0.2) is 60.7 Å². The van der Waals surface area contributed by atoms with Crippen molar-refractivity contribution in [3.8, 4) is 11.1 Å². The summed E-state index contributed by atoms with van der Waals surface area (Å²) in [5, 5.41) is 0.997. The molecule has 0 radical (unpaired) electrons. The summed E-state index contributed by atoms with van der Waals surface area (Å²) in [6, 6.07) is 18.8. The average molecular weight is 545 g/mol. The van der Waals surface area contributed by atoms with Gasteiger partial charge in [0, 0.05) is 29.1 Å². The van der Waals surface area contributed by atoms with E-state index in [9.17, 15) is 18.4 Å². The average Bonchev–Trinajstić information content (AvgIpc) is 3.72. The number of pyridine rings is 1. The third-order valence-corrected chi connectivity index (χ3v) is 7.68. The van der Waals surface area contributed by atoms with Gasteiger partial charge in [-0.1, -0.05) is 49.4 Å². The van der Waals surface area contributed by atoms with Crippen LogP contribution in [-0.2, 0) is 33.8 Å². The summed E-state index contributed by atoms with van der Waals surface area (Å²) in [5.41, 5.74) is 5.93. The molecule has 2 heterocycles. The van der Waals surface area contributed by atoms with Crippen molar-refractivity contribution in [2.45, 2.75) is 46.6 Å². The summed E-state index contributed by atoms with van der Waals surface area (Å²) in [7, 11) is 0. The fourth-order valence-electron chi connectivity index (χ4n) is 4.85. The first-order valence-corrected chi connectivity index (χ1v) is 14.1. The minimum Gasteiger partial charge on any atom is -0.755 e. The number of rotatable bonds is 9. The number of aromatic nitrogens is 2. The second kappa shape index (κ2) is 11.1. The lowest BCUT2D eigenvalue weighted by Gasteiger charge is -2.26. The van der Waals surface area contributed by atoms with Gasteiger partial charge in [-0.15, -0.1) is 0 Å². The van der Waals surface area contributed by atoms with Crippen LogP contribution in [0.2, 0.25) is 0 Å². The normalized spacial score (nSPS) is 13.8. The van der Waals surface area contributed by atoms with Crippen LogP contribution in [0, 0.1) is 12.8 Å². The summed E-state index contributed by atoms with van der Waals surface area (Å²) < 4.78 is 32.3. The van der Waals surface area contributed by atoms with E-state index in [1.54, 1.807) is 25.1 Å². The van der Waals surface area contributed by atoms with E-state index in [1.165, 1.54) is 0 Å². The van der Waals surface area contributed by atoms with E-state index < -0.39 is 17.2 Å². The molecule has 1 unspecified atom stereocenters. The van der Waals surface area contributed by atoms with Gasteiger partial charge in [0.2, 0.25) is 5.91 Å². The standard InChI is InChI=1S/C30H31N3O5S/c1-4-23-17-25-19(3)16-26(30(35)38-5-2)31-28(25)32(23)18-20-10-12-21(13-11-20)24-8-6-7-9-27(24)33(39(36)37)29(34)22-14-15-22/h6-13,16-17,22H,4-5,14-15,18H2,1-3H3,(H,36,37)/p-1. The molecule has 9 heteroatoms. The molecule has 0 bridgehead atoms. The van der Waals surface area contributed by atoms with Gasteiger partial charge in [-0.05, 0) is 68.0 Å². The highest BCUT2D eigenvalue weighted by Crippen LogP contribution is 2.37. The number of aryl methyl sites for hydroxylation is 2. The van der Waals surface area contributed by atoms with Gasteiger partial charge in [-0.3, -0.25) is 9.00 Å². The lowest BCUT2D eigenvalue weighted by atomic mass is 10.0. The van der Waals surface area contributed by atoms with Gasteiger partial charge in [0.05, 0.1) is 23.6 Å². The maximum Gasteiger partial charge on any atom is 0.357 e. The van der Waals surface area contributed by atoms with Crippen LogP contribution in [0.5, 0.6) is 0 Å². The van der Waals surface area contributed by atoms with Gasteiger partial charge in [0.1, 0.15) is 5.65 Å². The summed E-state index contributed by atoms with van der Waals surface area (Å²) in [6.07, 6.45) is 2.23. The molecule has 202 valence electrons. The fourth-order valence-corrected chi connectivity index (χ4v) is 5.46. The number of fused-ring (bicyclic) bond motifs is 1. The van der Waals surface area contributed by atoms with E-state index >= 15 is 0 Å². The monoisotopic (exact) mass is 544 g/mol. The number of anilines is 1. The zero-order chi connectivity index (χ0) is 27.7. The first-order chi connectivity index (χ1) is 18.8. The maximum atomic E-state index is 12.8. The Balaban J connectivity index is 1.48. The summed E-state index contributed by atoms with van der Waals surface area (Å²) >= 11 is -2.71. The summed E-state index contributed by atoms with van der Waals surface area (Å²) in [6.45, 7) is 6.65. The van der Waals surface area contributed by atoms with Crippen molar-refractivity contribution in [2.24, 2.45) is 5.92 Å². The van der Waals surface area contributed by atoms with Crippen LogP contribution in [0.1, 0.15) is 54.0 Å². The van der Waals surface area contributed by atoms with Gasteiger partial charge < -0.3 is 13.9 Å². The summed E-state index contributed by atoms with van der Waals surface area (Å²) in [4.78, 5) is 29.8. The number of amides is 1. The second-order valence-corrected chi connectivity index (χ2v) is 10.5. The van der Waals surface area contributed by atoms with Gasteiger partial charge in [-0.2, -0.15) is 0 Å².